The Morgan fingerprint density at radius 3 is 2.04 bits per heavy atom. The van der Waals surface area contributed by atoms with Gasteiger partial charge in [-0.1, -0.05) is 26.8 Å². The summed E-state index contributed by atoms with van der Waals surface area (Å²) in [5, 5.41) is 8.53. The lowest BCUT2D eigenvalue weighted by molar-refractivity contribution is 0.102. The van der Waals surface area contributed by atoms with Crippen molar-refractivity contribution in [2.45, 2.75) is 33.1 Å². The van der Waals surface area contributed by atoms with Gasteiger partial charge in [-0.25, -0.2) is 4.98 Å². The standard InChI is InChI=1S/C20H21N3O2S2/c1-12-16(27-19(21-12)20(2,3)4)18(25)23-14-9-7-13(8-10-14)22-17(24)15-6-5-11-26-15/h5-11H,1-4H3,(H,22,24)(H,23,25). The van der Waals surface area contributed by atoms with E-state index in [-0.39, 0.29) is 17.2 Å². The molecule has 0 saturated carbocycles. The molecule has 3 rings (SSSR count). The van der Waals surface area contributed by atoms with Crippen LogP contribution in [0.3, 0.4) is 0 Å². The molecule has 0 fully saturated rings. The van der Waals surface area contributed by atoms with Crippen molar-refractivity contribution in [2.75, 3.05) is 10.6 Å². The number of hydrogen-bond donors (Lipinski definition) is 2. The second kappa shape index (κ2) is 7.62. The summed E-state index contributed by atoms with van der Waals surface area (Å²) in [6, 6.07) is 10.7. The van der Waals surface area contributed by atoms with E-state index < -0.39 is 0 Å². The maximum absolute atomic E-state index is 12.6. The van der Waals surface area contributed by atoms with E-state index in [1.54, 1.807) is 30.3 Å². The number of thiazole rings is 1. The van der Waals surface area contributed by atoms with Gasteiger partial charge in [0.2, 0.25) is 0 Å². The van der Waals surface area contributed by atoms with Crippen LogP contribution < -0.4 is 10.6 Å². The Morgan fingerprint density at radius 1 is 0.963 bits per heavy atom. The zero-order chi connectivity index (χ0) is 19.6. The molecule has 5 nitrogen and oxygen atoms in total. The van der Waals surface area contributed by atoms with Crippen LogP contribution in [-0.4, -0.2) is 16.8 Å². The van der Waals surface area contributed by atoms with Crippen LogP contribution in [0.4, 0.5) is 11.4 Å². The molecule has 0 unspecified atom stereocenters. The van der Waals surface area contributed by atoms with Crippen LogP contribution >= 0.6 is 22.7 Å². The molecule has 0 aliphatic heterocycles. The van der Waals surface area contributed by atoms with E-state index in [2.05, 4.69) is 36.4 Å². The summed E-state index contributed by atoms with van der Waals surface area (Å²) < 4.78 is 0. The predicted octanol–water partition coefficient (Wildman–Crippen LogP) is 5.32. The molecule has 0 radical (unpaired) electrons. The smallest absolute Gasteiger partial charge is 0.267 e. The zero-order valence-electron chi connectivity index (χ0n) is 15.6. The largest absolute Gasteiger partial charge is 0.321 e. The topological polar surface area (TPSA) is 71.1 Å². The molecule has 0 saturated heterocycles. The summed E-state index contributed by atoms with van der Waals surface area (Å²) in [4.78, 5) is 30.5. The van der Waals surface area contributed by atoms with Gasteiger partial charge in [0.05, 0.1) is 15.6 Å². The summed E-state index contributed by atoms with van der Waals surface area (Å²) in [5.41, 5.74) is 1.99. The molecule has 27 heavy (non-hydrogen) atoms. The molecule has 0 bridgehead atoms. The minimum atomic E-state index is -0.170. The van der Waals surface area contributed by atoms with Gasteiger partial charge in [0.15, 0.2) is 0 Å². The fourth-order valence-electron chi connectivity index (χ4n) is 2.35. The number of carbonyl (C=O) groups excluding carboxylic acids is 2. The highest BCUT2D eigenvalue weighted by Crippen LogP contribution is 2.29. The Bertz CT molecular complexity index is 952. The summed E-state index contributed by atoms with van der Waals surface area (Å²) in [6.45, 7) is 8.09. The van der Waals surface area contributed by atoms with Gasteiger partial charge in [-0.05, 0) is 42.6 Å². The number of aromatic nitrogens is 1. The maximum atomic E-state index is 12.6. The first-order chi connectivity index (χ1) is 12.7. The molecule has 7 heteroatoms. The van der Waals surface area contributed by atoms with E-state index >= 15 is 0 Å². The van der Waals surface area contributed by atoms with Crippen LogP contribution in [0.25, 0.3) is 0 Å². The predicted molar refractivity (Wildman–Crippen MR) is 112 cm³/mol. The highest BCUT2D eigenvalue weighted by molar-refractivity contribution is 7.14. The average molecular weight is 400 g/mol. The molecule has 140 valence electrons. The highest BCUT2D eigenvalue weighted by Gasteiger charge is 2.23. The fraction of sp³-hybridized carbons (Fsp3) is 0.250. The minimum absolute atomic E-state index is 0.0869. The Labute approximate surface area is 166 Å². The third-order valence-corrected chi connectivity index (χ3v) is 6.24. The van der Waals surface area contributed by atoms with Crippen molar-refractivity contribution in [2.24, 2.45) is 0 Å². The van der Waals surface area contributed by atoms with E-state index in [1.165, 1.54) is 22.7 Å². The lowest BCUT2D eigenvalue weighted by Gasteiger charge is -2.13. The van der Waals surface area contributed by atoms with Gasteiger partial charge >= 0.3 is 0 Å². The molecule has 0 aliphatic rings. The fourth-order valence-corrected chi connectivity index (χ4v) is 3.99. The van der Waals surface area contributed by atoms with Gasteiger partial charge in [-0.3, -0.25) is 9.59 Å². The van der Waals surface area contributed by atoms with Gasteiger partial charge in [-0.2, -0.15) is 0 Å². The van der Waals surface area contributed by atoms with Gasteiger partial charge in [0.25, 0.3) is 11.8 Å². The van der Waals surface area contributed by atoms with Gasteiger partial charge in [0.1, 0.15) is 4.88 Å². The zero-order valence-corrected chi connectivity index (χ0v) is 17.3. The number of nitrogens with zero attached hydrogens (tertiary/aromatic N) is 1. The molecular formula is C20H21N3O2S2. The number of rotatable bonds is 4. The van der Waals surface area contributed by atoms with E-state index in [9.17, 15) is 9.59 Å². The minimum Gasteiger partial charge on any atom is -0.321 e. The van der Waals surface area contributed by atoms with Gasteiger partial charge in [-0.15, -0.1) is 22.7 Å². The monoisotopic (exact) mass is 399 g/mol. The molecule has 0 atom stereocenters. The van der Waals surface area contributed by atoms with Gasteiger partial charge in [0, 0.05) is 16.8 Å². The lowest BCUT2D eigenvalue weighted by atomic mass is 9.98. The summed E-state index contributed by atoms with van der Waals surface area (Å²) in [5.74, 6) is -0.312. The first kappa shape index (κ1) is 19.3. The number of nitrogens with one attached hydrogen (secondary N) is 2. The molecule has 2 aromatic heterocycles. The molecule has 0 spiro atoms. The maximum Gasteiger partial charge on any atom is 0.267 e. The van der Waals surface area contributed by atoms with E-state index in [0.717, 1.165) is 10.7 Å². The number of anilines is 2. The molecule has 3 aromatic rings. The van der Waals surface area contributed by atoms with Crippen molar-refractivity contribution in [1.29, 1.82) is 0 Å². The summed E-state index contributed by atoms with van der Waals surface area (Å²) in [7, 11) is 0. The number of hydrogen-bond acceptors (Lipinski definition) is 5. The molecule has 0 aliphatic carbocycles. The molecule has 1 aromatic carbocycles. The normalized spacial score (nSPS) is 11.3. The van der Waals surface area contributed by atoms with Crippen LogP contribution in [0.15, 0.2) is 41.8 Å². The third kappa shape index (κ3) is 4.61. The van der Waals surface area contributed by atoms with Crippen LogP contribution in [0.2, 0.25) is 0 Å². The third-order valence-electron chi connectivity index (χ3n) is 3.79. The lowest BCUT2D eigenvalue weighted by Crippen LogP contribution is -2.12. The number of amides is 2. The Balaban J connectivity index is 1.67. The number of thiophene rings is 1. The Morgan fingerprint density at radius 2 is 1.56 bits per heavy atom. The second-order valence-electron chi connectivity index (χ2n) is 7.15. The van der Waals surface area contributed by atoms with E-state index in [1.807, 2.05) is 18.4 Å². The van der Waals surface area contributed by atoms with Crippen molar-refractivity contribution < 1.29 is 9.59 Å². The number of carbonyl (C=O) groups is 2. The first-order valence-corrected chi connectivity index (χ1v) is 10.2. The van der Waals surface area contributed by atoms with Crippen molar-refractivity contribution in [3.05, 3.63) is 62.2 Å². The van der Waals surface area contributed by atoms with Crippen molar-refractivity contribution >= 4 is 45.9 Å². The van der Waals surface area contributed by atoms with Crippen LogP contribution in [0.1, 0.15) is 50.8 Å². The number of benzene rings is 1. The van der Waals surface area contributed by atoms with Crippen LogP contribution in [0, 0.1) is 6.92 Å². The molecule has 2 N–H and O–H groups in total. The average Bonchev–Trinajstić information content (AvgIpc) is 3.25. The quantitative estimate of drug-likeness (QED) is 0.624. The van der Waals surface area contributed by atoms with E-state index in [4.69, 9.17) is 0 Å². The summed E-state index contributed by atoms with van der Waals surface area (Å²) in [6.07, 6.45) is 0. The molecular weight excluding hydrogens is 378 g/mol. The van der Waals surface area contributed by atoms with E-state index in [0.29, 0.717) is 21.1 Å². The second-order valence-corrected chi connectivity index (χ2v) is 9.09. The van der Waals surface area contributed by atoms with Crippen molar-refractivity contribution in [1.82, 2.24) is 4.98 Å². The van der Waals surface area contributed by atoms with Gasteiger partial charge < -0.3 is 10.6 Å². The van der Waals surface area contributed by atoms with Crippen molar-refractivity contribution in [3.8, 4) is 0 Å². The molecule has 2 heterocycles. The highest BCUT2D eigenvalue weighted by atomic mass is 32.1. The SMILES string of the molecule is Cc1nc(C(C)(C)C)sc1C(=O)Nc1ccc(NC(=O)c2cccs2)cc1. The number of aryl methyl sites for hydroxylation is 1. The van der Waals surface area contributed by atoms with Crippen molar-refractivity contribution in [3.63, 3.8) is 0 Å². The Kier molecular flexibility index (Phi) is 5.43. The Hall–Kier alpha value is -2.51. The first-order valence-electron chi connectivity index (χ1n) is 8.48. The van der Waals surface area contributed by atoms with Crippen LogP contribution in [0.5, 0.6) is 0 Å². The molecule has 2 amide bonds. The van der Waals surface area contributed by atoms with Crippen LogP contribution in [-0.2, 0) is 5.41 Å². The summed E-state index contributed by atoms with van der Waals surface area (Å²) >= 11 is 2.82.